The first-order valence-corrected chi connectivity index (χ1v) is 6.30. The van der Waals surface area contributed by atoms with Gasteiger partial charge in [-0.2, -0.15) is 0 Å². The number of carbonyl (C=O) groups excluding carboxylic acids is 1. The van der Waals surface area contributed by atoms with Crippen molar-refractivity contribution in [1.29, 1.82) is 0 Å². The molecular formula is C12H22N2O3. The molecule has 0 aromatic carbocycles. The minimum atomic E-state index is -0.765. The van der Waals surface area contributed by atoms with E-state index in [4.69, 9.17) is 10.8 Å². The van der Waals surface area contributed by atoms with Gasteiger partial charge < -0.3 is 15.7 Å². The number of nitrogens with two attached hydrogens (primary N) is 1. The first-order valence-electron chi connectivity index (χ1n) is 6.30. The third-order valence-corrected chi connectivity index (χ3v) is 3.35. The van der Waals surface area contributed by atoms with Crippen molar-refractivity contribution >= 4 is 11.9 Å². The fourth-order valence-electron chi connectivity index (χ4n) is 2.24. The average Bonchev–Trinajstić information content (AvgIpc) is 2.34. The SMILES string of the molecule is CC[C@@H](N)C(=O)N1CCCC(CCC(=O)O)C1. The van der Waals surface area contributed by atoms with Gasteiger partial charge in [-0.25, -0.2) is 0 Å². The summed E-state index contributed by atoms with van der Waals surface area (Å²) in [5.41, 5.74) is 5.73. The molecule has 1 aliphatic heterocycles. The van der Waals surface area contributed by atoms with Gasteiger partial charge in [0.05, 0.1) is 6.04 Å². The molecule has 1 unspecified atom stereocenters. The Hall–Kier alpha value is -1.10. The number of amides is 1. The van der Waals surface area contributed by atoms with E-state index in [2.05, 4.69) is 0 Å². The van der Waals surface area contributed by atoms with Crippen molar-refractivity contribution in [2.75, 3.05) is 13.1 Å². The van der Waals surface area contributed by atoms with Crippen LogP contribution in [0, 0.1) is 5.92 Å². The summed E-state index contributed by atoms with van der Waals surface area (Å²) in [5.74, 6) is -0.445. The number of hydrogen-bond donors (Lipinski definition) is 2. The fraction of sp³-hybridized carbons (Fsp3) is 0.833. The zero-order valence-electron chi connectivity index (χ0n) is 10.4. The molecule has 0 radical (unpaired) electrons. The molecule has 98 valence electrons. The molecule has 1 aliphatic rings. The lowest BCUT2D eigenvalue weighted by Crippen LogP contribution is -2.47. The summed E-state index contributed by atoms with van der Waals surface area (Å²) in [5, 5.41) is 8.64. The number of nitrogens with zero attached hydrogens (tertiary/aromatic N) is 1. The molecule has 1 heterocycles. The van der Waals surface area contributed by atoms with Gasteiger partial charge in [-0.05, 0) is 31.6 Å². The third-order valence-electron chi connectivity index (χ3n) is 3.35. The van der Waals surface area contributed by atoms with E-state index in [0.717, 1.165) is 19.4 Å². The molecule has 0 bridgehead atoms. The maximum Gasteiger partial charge on any atom is 0.303 e. The predicted molar refractivity (Wildman–Crippen MR) is 64.4 cm³/mol. The second-order valence-electron chi connectivity index (χ2n) is 4.74. The maximum absolute atomic E-state index is 11.9. The van der Waals surface area contributed by atoms with Crippen molar-refractivity contribution in [3.8, 4) is 0 Å². The number of rotatable bonds is 5. The predicted octanol–water partition coefficient (Wildman–Crippen LogP) is 0.827. The monoisotopic (exact) mass is 242 g/mol. The Kier molecular flexibility index (Phi) is 5.41. The molecule has 1 saturated heterocycles. The van der Waals surface area contributed by atoms with Crippen LogP contribution in [0.25, 0.3) is 0 Å². The molecule has 17 heavy (non-hydrogen) atoms. The summed E-state index contributed by atoms with van der Waals surface area (Å²) >= 11 is 0. The van der Waals surface area contributed by atoms with Gasteiger partial charge in [0.25, 0.3) is 0 Å². The number of carboxylic acids is 1. The zero-order valence-corrected chi connectivity index (χ0v) is 10.4. The highest BCUT2D eigenvalue weighted by atomic mass is 16.4. The van der Waals surface area contributed by atoms with Crippen molar-refractivity contribution in [3.05, 3.63) is 0 Å². The standard InChI is InChI=1S/C12H22N2O3/c1-2-10(13)12(17)14-7-3-4-9(8-14)5-6-11(15)16/h9-10H,2-8,13H2,1H3,(H,15,16)/t9?,10-/m1/s1. The number of carbonyl (C=O) groups is 2. The number of likely N-dealkylation sites (tertiary alicyclic amines) is 1. The van der Waals surface area contributed by atoms with E-state index in [1.807, 2.05) is 6.92 Å². The van der Waals surface area contributed by atoms with Crippen molar-refractivity contribution in [2.24, 2.45) is 11.7 Å². The van der Waals surface area contributed by atoms with Crippen LogP contribution in [0.4, 0.5) is 0 Å². The van der Waals surface area contributed by atoms with Gasteiger partial charge in [-0.15, -0.1) is 0 Å². The first-order chi connectivity index (χ1) is 8.04. The van der Waals surface area contributed by atoms with E-state index >= 15 is 0 Å². The minimum Gasteiger partial charge on any atom is -0.481 e. The minimum absolute atomic E-state index is 0.00697. The van der Waals surface area contributed by atoms with Crippen molar-refractivity contribution in [2.45, 2.75) is 45.1 Å². The number of piperidine rings is 1. The second kappa shape index (κ2) is 6.59. The molecule has 0 spiro atoms. The molecule has 0 saturated carbocycles. The normalized spacial score (nSPS) is 22.2. The van der Waals surface area contributed by atoms with Crippen molar-refractivity contribution < 1.29 is 14.7 Å². The van der Waals surface area contributed by atoms with Crippen LogP contribution in [0.2, 0.25) is 0 Å². The summed E-state index contributed by atoms with van der Waals surface area (Å²) in [7, 11) is 0. The molecule has 1 amide bonds. The lowest BCUT2D eigenvalue weighted by atomic mass is 9.93. The second-order valence-corrected chi connectivity index (χ2v) is 4.74. The Bertz CT molecular complexity index is 281. The topological polar surface area (TPSA) is 83.6 Å². The zero-order chi connectivity index (χ0) is 12.8. The summed E-state index contributed by atoms with van der Waals surface area (Å²) in [6.45, 7) is 3.32. The molecule has 1 rings (SSSR count). The van der Waals surface area contributed by atoms with Gasteiger partial charge >= 0.3 is 5.97 Å². The highest BCUT2D eigenvalue weighted by Gasteiger charge is 2.26. The molecule has 5 heteroatoms. The molecule has 0 aromatic heterocycles. The Balaban J connectivity index is 2.43. The van der Waals surface area contributed by atoms with Crippen LogP contribution < -0.4 is 5.73 Å². The van der Waals surface area contributed by atoms with Gasteiger partial charge in [0.15, 0.2) is 0 Å². The lowest BCUT2D eigenvalue weighted by Gasteiger charge is -2.34. The molecule has 2 atom stereocenters. The van der Waals surface area contributed by atoms with E-state index in [1.54, 1.807) is 4.90 Å². The Labute approximate surface area is 102 Å². The van der Waals surface area contributed by atoms with Crippen LogP contribution in [0.15, 0.2) is 0 Å². The quantitative estimate of drug-likeness (QED) is 0.748. The van der Waals surface area contributed by atoms with Crippen LogP contribution in [0.1, 0.15) is 39.0 Å². The van der Waals surface area contributed by atoms with Crippen LogP contribution in [-0.2, 0) is 9.59 Å². The Morgan fingerprint density at radius 1 is 1.53 bits per heavy atom. The van der Waals surface area contributed by atoms with E-state index in [1.165, 1.54) is 0 Å². The highest BCUT2D eigenvalue weighted by molar-refractivity contribution is 5.81. The summed E-state index contributed by atoms with van der Waals surface area (Å²) < 4.78 is 0. The molecule has 5 nitrogen and oxygen atoms in total. The molecule has 0 aliphatic carbocycles. The first kappa shape index (κ1) is 14.0. The Morgan fingerprint density at radius 3 is 2.82 bits per heavy atom. The maximum atomic E-state index is 11.9. The number of aliphatic carboxylic acids is 1. The van der Waals surface area contributed by atoms with E-state index in [-0.39, 0.29) is 12.3 Å². The van der Waals surface area contributed by atoms with Crippen LogP contribution in [-0.4, -0.2) is 41.0 Å². The van der Waals surface area contributed by atoms with Crippen molar-refractivity contribution in [3.63, 3.8) is 0 Å². The lowest BCUT2D eigenvalue weighted by molar-refractivity contribution is -0.137. The smallest absolute Gasteiger partial charge is 0.303 e. The fourth-order valence-corrected chi connectivity index (χ4v) is 2.24. The summed E-state index contributed by atoms with van der Waals surface area (Å²) in [6, 6.07) is -0.409. The highest BCUT2D eigenvalue weighted by Crippen LogP contribution is 2.21. The van der Waals surface area contributed by atoms with Crippen LogP contribution in [0.3, 0.4) is 0 Å². The number of carboxylic acid groups (broad SMARTS) is 1. The summed E-state index contributed by atoms with van der Waals surface area (Å²) in [6.07, 6.45) is 3.45. The molecule has 0 aromatic rings. The Morgan fingerprint density at radius 2 is 2.24 bits per heavy atom. The molecular weight excluding hydrogens is 220 g/mol. The largest absolute Gasteiger partial charge is 0.481 e. The summed E-state index contributed by atoms with van der Waals surface area (Å²) in [4.78, 5) is 24.2. The van der Waals surface area contributed by atoms with E-state index in [9.17, 15) is 9.59 Å². The van der Waals surface area contributed by atoms with Crippen molar-refractivity contribution in [1.82, 2.24) is 4.90 Å². The van der Waals surface area contributed by atoms with Crippen LogP contribution in [0.5, 0.6) is 0 Å². The number of hydrogen-bond acceptors (Lipinski definition) is 3. The van der Waals surface area contributed by atoms with Gasteiger partial charge in [-0.1, -0.05) is 6.92 Å². The van der Waals surface area contributed by atoms with Gasteiger partial charge in [-0.3, -0.25) is 9.59 Å². The molecule has 1 fully saturated rings. The average molecular weight is 242 g/mol. The van der Waals surface area contributed by atoms with E-state index in [0.29, 0.717) is 25.3 Å². The van der Waals surface area contributed by atoms with E-state index < -0.39 is 12.0 Å². The third kappa shape index (κ3) is 4.34. The van der Waals surface area contributed by atoms with Gasteiger partial charge in [0.1, 0.15) is 0 Å². The van der Waals surface area contributed by atoms with Gasteiger partial charge in [0.2, 0.25) is 5.91 Å². The van der Waals surface area contributed by atoms with Gasteiger partial charge in [0, 0.05) is 19.5 Å². The van der Waals surface area contributed by atoms with Crippen LogP contribution >= 0.6 is 0 Å². The molecule has 3 N–H and O–H groups in total.